The molecule has 1 heterocycles. The Morgan fingerprint density at radius 2 is 1.77 bits per heavy atom. The second-order valence-electron chi connectivity index (χ2n) is 9.04. The van der Waals surface area contributed by atoms with Crippen molar-refractivity contribution < 1.29 is 18.8 Å². The van der Waals surface area contributed by atoms with Gasteiger partial charge in [0.2, 0.25) is 0 Å². The molecular weight excluding hydrogens is 329 g/mol. The SMILES string of the molecule is CC(CNC(=O)OC(C)(C)C)c1cccc(B2OC(C)(C)C(C)(C)O2)c1. The van der Waals surface area contributed by atoms with Gasteiger partial charge in [0.05, 0.1) is 11.2 Å². The van der Waals surface area contributed by atoms with E-state index in [4.69, 9.17) is 14.0 Å². The zero-order valence-electron chi connectivity index (χ0n) is 17.3. The lowest BCUT2D eigenvalue weighted by molar-refractivity contribution is 0.00578. The molecule has 6 heteroatoms. The number of amides is 1. The maximum absolute atomic E-state index is 11.8. The molecule has 1 amide bonds. The minimum Gasteiger partial charge on any atom is -0.444 e. The van der Waals surface area contributed by atoms with Crippen LogP contribution in [0, 0.1) is 0 Å². The number of benzene rings is 1. The molecule has 26 heavy (non-hydrogen) atoms. The minimum atomic E-state index is -0.496. The Labute approximate surface area is 157 Å². The van der Waals surface area contributed by atoms with Gasteiger partial charge in [-0.05, 0) is 65.4 Å². The molecule has 1 fully saturated rings. The lowest BCUT2D eigenvalue weighted by atomic mass is 9.77. The van der Waals surface area contributed by atoms with E-state index in [9.17, 15) is 4.79 Å². The van der Waals surface area contributed by atoms with Crippen LogP contribution in [0.5, 0.6) is 0 Å². The molecule has 1 atom stereocenters. The molecule has 0 spiro atoms. The Bertz CT molecular complexity index is 635. The monoisotopic (exact) mass is 361 g/mol. The van der Waals surface area contributed by atoms with Crippen LogP contribution in [-0.2, 0) is 14.0 Å². The molecule has 5 nitrogen and oxygen atoms in total. The second-order valence-corrected chi connectivity index (χ2v) is 9.04. The summed E-state index contributed by atoms with van der Waals surface area (Å²) in [5.41, 5.74) is 0.887. The third-order valence-corrected chi connectivity index (χ3v) is 4.96. The van der Waals surface area contributed by atoms with Gasteiger partial charge in [0, 0.05) is 6.54 Å². The number of ether oxygens (including phenoxy) is 1. The molecule has 1 aromatic carbocycles. The highest BCUT2D eigenvalue weighted by Gasteiger charge is 2.51. The summed E-state index contributed by atoms with van der Waals surface area (Å²) in [6.07, 6.45) is -0.397. The molecular formula is C20H32BNO4. The van der Waals surface area contributed by atoms with Crippen molar-refractivity contribution >= 4 is 18.7 Å². The van der Waals surface area contributed by atoms with E-state index < -0.39 is 11.7 Å². The number of carbonyl (C=O) groups is 1. The van der Waals surface area contributed by atoms with Crippen molar-refractivity contribution in [1.29, 1.82) is 0 Å². The van der Waals surface area contributed by atoms with E-state index in [1.54, 1.807) is 0 Å². The fourth-order valence-corrected chi connectivity index (χ4v) is 2.66. The summed E-state index contributed by atoms with van der Waals surface area (Å²) in [4.78, 5) is 11.8. The second kappa shape index (κ2) is 7.24. The van der Waals surface area contributed by atoms with Crippen molar-refractivity contribution in [2.24, 2.45) is 0 Å². The van der Waals surface area contributed by atoms with E-state index in [-0.39, 0.29) is 24.2 Å². The van der Waals surface area contributed by atoms with Crippen LogP contribution in [-0.4, -0.2) is 36.6 Å². The molecule has 0 bridgehead atoms. The van der Waals surface area contributed by atoms with Crippen LogP contribution in [0.1, 0.15) is 66.9 Å². The van der Waals surface area contributed by atoms with Crippen LogP contribution in [0.4, 0.5) is 4.79 Å². The van der Waals surface area contributed by atoms with Gasteiger partial charge >= 0.3 is 13.2 Å². The predicted molar refractivity (Wildman–Crippen MR) is 105 cm³/mol. The first-order valence-corrected chi connectivity index (χ1v) is 9.23. The first-order valence-electron chi connectivity index (χ1n) is 9.23. The topological polar surface area (TPSA) is 56.8 Å². The van der Waals surface area contributed by atoms with Crippen molar-refractivity contribution in [1.82, 2.24) is 5.32 Å². The van der Waals surface area contributed by atoms with E-state index in [1.807, 2.05) is 60.6 Å². The van der Waals surface area contributed by atoms with Crippen molar-refractivity contribution in [3.8, 4) is 0 Å². The maximum Gasteiger partial charge on any atom is 0.494 e. The predicted octanol–water partition coefficient (Wildman–Crippen LogP) is 3.61. The molecule has 2 rings (SSSR count). The largest absolute Gasteiger partial charge is 0.494 e. The first-order chi connectivity index (χ1) is 11.8. The van der Waals surface area contributed by atoms with Crippen LogP contribution in [0.3, 0.4) is 0 Å². The fourth-order valence-electron chi connectivity index (χ4n) is 2.66. The quantitative estimate of drug-likeness (QED) is 0.833. The number of carbonyl (C=O) groups excluding carboxylic acids is 1. The first kappa shape index (κ1) is 20.8. The molecule has 1 unspecified atom stereocenters. The Kier molecular flexibility index (Phi) is 5.79. The summed E-state index contributed by atoms with van der Waals surface area (Å²) >= 11 is 0. The van der Waals surface area contributed by atoms with Crippen LogP contribution in [0.15, 0.2) is 24.3 Å². The number of hydrogen-bond donors (Lipinski definition) is 1. The van der Waals surface area contributed by atoms with Crippen LogP contribution in [0.2, 0.25) is 0 Å². The Morgan fingerprint density at radius 3 is 2.31 bits per heavy atom. The summed E-state index contributed by atoms with van der Waals surface area (Å²) in [6.45, 7) is 16.3. The standard InChI is InChI=1S/C20H32BNO4/c1-14(13-22-17(23)24-18(2,3)4)15-10-9-11-16(12-15)21-25-19(5,6)20(7,8)26-21/h9-12,14H,13H2,1-8H3,(H,22,23). The van der Waals surface area contributed by atoms with Crippen molar-refractivity contribution in [2.75, 3.05) is 6.54 Å². The zero-order chi connectivity index (χ0) is 19.8. The van der Waals surface area contributed by atoms with Gasteiger partial charge in [0.1, 0.15) is 5.60 Å². The highest BCUT2D eigenvalue weighted by Crippen LogP contribution is 2.36. The van der Waals surface area contributed by atoms with E-state index in [0.717, 1.165) is 11.0 Å². The molecule has 0 radical (unpaired) electrons. The maximum atomic E-state index is 11.8. The smallest absolute Gasteiger partial charge is 0.444 e. The Morgan fingerprint density at radius 1 is 1.19 bits per heavy atom. The van der Waals surface area contributed by atoms with E-state index >= 15 is 0 Å². The van der Waals surface area contributed by atoms with Crippen molar-refractivity contribution in [3.63, 3.8) is 0 Å². The molecule has 1 N–H and O–H groups in total. The van der Waals surface area contributed by atoms with Gasteiger partial charge in [-0.1, -0.05) is 31.2 Å². The average molecular weight is 361 g/mol. The summed E-state index contributed by atoms with van der Waals surface area (Å²) in [7, 11) is -0.383. The molecule has 144 valence electrons. The molecule has 1 aliphatic heterocycles. The van der Waals surface area contributed by atoms with E-state index in [0.29, 0.717) is 6.54 Å². The lowest BCUT2D eigenvalue weighted by Gasteiger charge is -2.32. The molecule has 1 saturated heterocycles. The molecule has 1 aromatic rings. The molecule has 1 aliphatic rings. The highest BCUT2D eigenvalue weighted by atomic mass is 16.7. The zero-order valence-corrected chi connectivity index (χ0v) is 17.3. The summed E-state index contributed by atoms with van der Waals surface area (Å²) in [5, 5.41) is 2.83. The minimum absolute atomic E-state index is 0.143. The molecule has 0 aromatic heterocycles. The lowest BCUT2D eigenvalue weighted by Crippen LogP contribution is -2.41. The number of alkyl carbamates (subject to hydrolysis) is 1. The summed E-state index contributed by atoms with van der Waals surface area (Å²) < 4.78 is 17.5. The molecule has 0 saturated carbocycles. The van der Waals surface area contributed by atoms with Crippen LogP contribution < -0.4 is 10.8 Å². The van der Waals surface area contributed by atoms with Crippen molar-refractivity contribution in [3.05, 3.63) is 29.8 Å². The van der Waals surface area contributed by atoms with Gasteiger partial charge in [0.15, 0.2) is 0 Å². The third kappa shape index (κ3) is 5.01. The van der Waals surface area contributed by atoms with Gasteiger partial charge < -0.3 is 19.4 Å². The van der Waals surface area contributed by atoms with E-state index in [2.05, 4.69) is 24.4 Å². The van der Waals surface area contributed by atoms with Gasteiger partial charge in [-0.25, -0.2) is 4.79 Å². The Balaban J connectivity index is 2.02. The number of nitrogens with one attached hydrogen (secondary N) is 1. The summed E-state index contributed by atoms with van der Waals surface area (Å²) in [6, 6.07) is 8.15. The highest BCUT2D eigenvalue weighted by molar-refractivity contribution is 6.62. The van der Waals surface area contributed by atoms with Crippen LogP contribution in [0.25, 0.3) is 0 Å². The third-order valence-electron chi connectivity index (χ3n) is 4.96. The van der Waals surface area contributed by atoms with Gasteiger partial charge in [-0.2, -0.15) is 0 Å². The van der Waals surface area contributed by atoms with Gasteiger partial charge in [-0.15, -0.1) is 0 Å². The number of hydrogen-bond acceptors (Lipinski definition) is 4. The van der Waals surface area contributed by atoms with Crippen molar-refractivity contribution in [2.45, 2.75) is 78.1 Å². The average Bonchev–Trinajstić information content (AvgIpc) is 2.71. The Hall–Kier alpha value is -1.53. The van der Waals surface area contributed by atoms with Gasteiger partial charge in [0.25, 0.3) is 0 Å². The van der Waals surface area contributed by atoms with Crippen LogP contribution >= 0.6 is 0 Å². The van der Waals surface area contributed by atoms with Gasteiger partial charge in [-0.3, -0.25) is 0 Å². The summed E-state index contributed by atoms with van der Waals surface area (Å²) in [5.74, 6) is 0.143. The normalized spacial score (nSPS) is 19.9. The molecule has 0 aliphatic carbocycles. The fraction of sp³-hybridized carbons (Fsp3) is 0.650. The van der Waals surface area contributed by atoms with E-state index in [1.165, 1.54) is 0 Å². The number of rotatable bonds is 4.